The molecule has 1 aromatic rings. The molecule has 0 aromatic carbocycles. The molecule has 0 saturated carbocycles. The van der Waals surface area contributed by atoms with Crippen molar-refractivity contribution in [2.45, 2.75) is 11.8 Å². The van der Waals surface area contributed by atoms with Crippen molar-refractivity contribution in [1.29, 1.82) is 0 Å². The molecule has 0 N–H and O–H groups in total. The number of rotatable bonds is 1. The van der Waals surface area contributed by atoms with Gasteiger partial charge in [-0.1, -0.05) is 0 Å². The molecule has 1 rings (SSSR count). The van der Waals surface area contributed by atoms with Gasteiger partial charge in [-0.25, -0.2) is 0 Å². The minimum atomic E-state index is 0.941. The van der Waals surface area contributed by atoms with E-state index >= 15 is 0 Å². The molecule has 11 heavy (non-hydrogen) atoms. The Labute approximate surface area is 72.7 Å². The Kier molecular flexibility index (Phi) is 2.39. The van der Waals surface area contributed by atoms with Crippen molar-refractivity contribution in [2.75, 3.05) is 19.0 Å². The van der Waals surface area contributed by atoms with Crippen molar-refractivity contribution < 1.29 is 0 Å². The summed E-state index contributed by atoms with van der Waals surface area (Å²) in [6.45, 7) is 2.04. The SMILES string of the molecule is Cc1c(S)cncc1N(C)C. The quantitative estimate of drug-likeness (QED) is 0.643. The summed E-state index contributed by atoms with van der Waals surface area (Å²) in [5.41, 5.74) is 2.30. The van der Waals surface area contributed by atoms with Crippen LogP contribution in [-0.2, 0) is 0 Å². The second kappa shape index (κ2) is 3.13. The van der Waals surface area contributed by atoms with Crippen molar-refractivity contribution in [2.24, 2.45) is 0 Å². The first kappa shape index (κ1) is 8.40. The topological polar surface area (TPSA) is 16.1 Å². The van der Waals surface area contributed by atoms with E-state index in [1.54, 1.807) is 6.20 Å². The molecule has 3 heteroatoms. The van der Waals surface area contributed by atoms with Gasteiger partial charge in [0.25, 0.3) is 0 Å². The van der Waals surface area contributed by atoms with Gasteiger partial charge in [0.2, 0.25) is 0 Å². The Morgan fingerprint density at radius 2 is 2.00 bits per heavy atom. The summed E-state index contributed by atoms with van der Waals surface area (Å²) >= 11 is 4.27. The normalized spacial score (nSPS) is 9.82. The molecule has 0 amide bonds. The van der Waals surface area contributed by atoms with E-state index in [9.17, 15) is 0 Å². The molecule has 1 aromatic heterocycles. The smallest absolute Gasteiger partial charge is 0.0588 e. The third-order valence-corrected chi connectivity index (χ3v) is 2.09. The zero-order chi connectivity index (χ0) is 8.43. The number of anilines is 1. The van der Waals surface area contributed by atoms with Crippen LogP contribution in [0.15, 0.2) is 17.3 Å². The van der Waals surface area contributed by atoms with Gasteiger partial charge in [0, 0.05) is 25.2 Å². The number of hydrogen-bond acceptors (Lipinski definition) is 3. The fourth-order valence-electron chi connectivity index (χ4n) is 0.954. The summed E-state index contributed by atoms with van der Waals surface area (Å²) in [5, 5.41) is 0. The van der Waals surface area contributed by atoms with E-state index < -0.39 is 0 Å². The van der Waals surface area contributed by atoms with Gasteiger partial charge in [0.05, 0.1) is 11.9 Å². The average Bonchev–Trinajstić information content (AvgIpc) is 1.94. The van der Waals surface area contributed by atoms with Crippen molar-refractivity contribution in [1.82, 2.24) is 4.98 Å². The first-order valence-corrected chi connectivity index (χ1v) is 3.88. The molecule has 1 heterocycles. The molecule has 0 saturated heterocycles. The maximum absolute atomic E-state index is 4.27. The fourth-order valence-corrected chi connectivity index (χ4v) is 1.14. The van der Waals surface area contributed by atoms with Gasteiger partial charge < -0.3 is 4.90 Å². The maximum atomic E-state index is 4.27. The molecule has 0 aliphatic heterocycles. The molecule has 0 aliphatic rings. The van der Waals surface area contributed by atoms with Crippen LogP contribution in [0.4, 0.5) is 5.69 Å². The van der Waals surface area contributed by atoms with Gasteiger partial charge in [0.15, 0.2) is 0 Å². The fraction of sp³-hybridized carbons (Fsp3) is 0.375. The number of hydrogen-bond donors (Lipinski definition) is 1. The van der Waals surface area contributed by atoms with Crippen molar-refractivity contribution in [3.05, 3.63) is 18.0 Å². The van der Waals surface area contributed by atoms with Crippen molar-refractivity contribution in [3.8, 4) is 0 Å². The minimum Gasteiger partial charge on any atom is -0.376 e. The highest BCUT2D eigenvalue weighted by atomic mass is 32.1. The summed E-state index contributed by atoms with van der Waals surface area (Å²) in [4.78, 5) is 7.02. The average molecular weight is 168 g/mol. The monoisotopic (exact) mass is 168 g/mol. The predicted octanol–water partition coefficient (Wildman–Crippen LogP) is 1.74. The van der Waals surface area contributed by atoms with Gasteiger partial charge in [-0.15, -0.1) is 12.6 Å². The Morgan fingerprint density at radius 3 is 2.45 bits per heavy atom. The lowest BCUT2D eigenvalue weighted by Gasteiger charge is -2.15. The van der Waals surface area contributed by atoms with Crippen LogP contribution >= 0.6 is 12.6 Å². The molecule has 0 atom stereocenters. The lowest BCUT2D eigenvalue weighted by atomic mass is 10.2. The number of aromatic nitrogens is 1. The molecule has 0 radical (unpaired) electrons. The standard InChI is InChI=1S/C8H12N2S/c1-6-7(10(2)3)4-9-5-8(6)11/h4-5,11H,1-3H3. The Bertz CT molecular complexity index is 258. The lowest BCUT2D eigenvalue weighted by Crippen LogP contribution is -2.10. The van der Waals surface area contributed by atoms with Crippen LogP contribution in [0.1, 0.15) is 5.56 Å². The summed E-state index contributed by atoms with van der Waals surface area (Å²) in [6.07, 6.45) is 3.60. The maximum Gasteiger partial charge on any atom is 0.0588 e. The van der Waals surface area contributed by atoms with Crippen LogP contribution in [0.5, 0.6) is 0 Å². The number of thiol groups is 1. The highest BCUT2D eigenvalue weighted by Gasteiger charge is 2.02. The molecule has 0 aliphatic carbocycles. The first-order chi connectivity index (χ1) is 5.13. The summed E-state index contributed by atoms with van der Waals surface area (Å²) in [6, 6.07) is 0. The van der Waals surface area contributed by atoms with Gasteiger partial charge in [-0.2, -0.15) is 0 Å². The first-order valence-electron chi connectivity index (χ1n) is 3.44. The zero-order valence-electron chi connectivity index (χ0n) is 7.00. The van der Waals surface area contributed by atoms with E-state index in [0.29, 0.717) is 0 Å². The van der Waals surface area contributed by atoms with Gasteiger partial charge in [-0.05, 0) is 12.5 Å². The number of pyridine rings is 1. The van der Waals surface area contributed by atoms with Gasteiger partial charge >= 0.3 is 0 Å². The third kappa shape index (κ3) is 1.66. The van der Waals surface area contributed by atoms with E-state index in [1.165, 1.54) is 5.56 Å². The van der Waals surface area contributed by atoms with Crippen LogP contribution < -0.4 is 4.90 Å². The van der Waals surface area contributed by atoms with Gasteiger partial charge in [-0.3, -0.25) is 4.98 Å². The predicted molar refractivity (Wildman–Crippen MR) is 50.6 cm³/mol. The molecule has 0 unspecified atom stereocenters. The molecule has 0 fully saturated rings. The lowest BCUT2D eigenvalue weighted by molar-refractivity contribution is 1.06. The van der Waals surface area contributed by atoms with Gasteiger partial charge in [0.1, 0.15) is 0 Å². The van der Waals surface area contributed by atoms with Crippen LogP contribution in [0.3, 0.4) is 0 Å². The molecular weight excluding hydrogens is 156 g/mol. The van der Waals surface area contributed by atoms with Crippen LogP contribution in [-0.4, -0.2) is 19.1 Å². The highest BCUT2D eigenvalue weighted by Crippen LogP contribution is 2.21. The molecule has 0 bridgehead atoms. The van der Waals surface area contributed by atoms with Crippen molar-refractivity contribution in [3.63, 3.8) is 0 Å². The summed E-state index contributed by atoms with van der Waals surface area (Å²) in [7, 11) is 3.99. The van der Waals surface area contributed by atoms with E-state index in [4.69, 9.17) is 0 Å². The molecule has 60 valence electrons. The minimum absolute atomic E-state index is 0.941. The second-order valence-corrected chi connectivity index (χ2v) is 3.18. The zero-order valence-corrected chi connectivity index (χ0v) is 7.89. The Hall–Kier alpha value is -0.700. The van der Waals surface area contributed by atoms with Crippen LogP contribution in [0.2, 0.25) is 0 Å². The van der Waals surface area contributed by atoms with E-state index in [0.717, 1.165) is 10.6 Å². The summed E-state index contributed by atoms with van der Waals surface area (Å²) in [5.74, 6) is 0. The van der Waals surface area contributed by atoms with E-state index in [-0.39, 0.29) is 0 Å². The number of nitrogens with zero attached hydrogens (tertiary/aromatic N) is 2. The van der Waals surface area contributed by atoms with Crippen LogP contribution in [0.25, 0.3) is 0 Å². The Balaban J connectivity index is 3.17. The van der Waals surface area contributed by atoms with Crippen molar-refractivity contribution >= 4 is 18.3 Å². The van der Waals surface area contributed by atoms with Crippen LogP contribution in [0, 0.1) is 6.92 Å². The van der Waals surface area contributed by atoms with E-state index in [1.807, 2.05) is 32.1 Å². The molecule has 0 spiro atoms. The summed E-state index contributed by atoms with van der Waals surface area (Å²) < 4.78 is 0. The largest absolute Gasteiger partial charge is 0.376 e. The third-order valence-electron chi connectivity index (χ3n) is 1.64. The second-order valence-electron chi connectivity index (χ2n) is 2.70. The molecule has 2 nitrogen and oxygen atoms in total. The molecular formula is C8H12N2S. The van der Waals surface area contributed by atoms with E-state index in [2.05, 4.69) is 17.6 Å². The highest BCUT2D eigenvalue weighted by molar-refractivity contribution is 7.80. The Morgan fingerprint density at radius 1 is 1.36 bits per heavy atom.